The minimum atomic E-state index is -4.67. The van der Waals surface area contributed by atoms with Gasteiger partial charge in [-0.25, -0.2) is 0 Å². The van der Waals surface area contributed by atoms with Gasteiger partial charge in [0.2, 0.25) is 0 Å². The van der Waals surface area contributed by atoms with E-state index in [1.807, 2.05) is 26.0 Å². The second kappa shape index (κ2) is 9.93. The van der Waals surface area contributed by atoms with Crippen LogP contribution in [0.25, 0.3) is 0 Å². The van der Waals surface area contributed by atoms with E-state index in [0.717, 1.165) is 0 Å². The van der Waals surface area contributed by atoms with Crippen molar-refractivity contribution < 1.29 is 31.9 Å². The third kappa shape index (κ3) is 51100. The van der Waals surface area contributed by atoms with Crippen LogP contribution >= 0.6 is 8.25 Å². The first kappa shape index (κ1) is 18.6. The topological polar surface area (TPSA) is 135 Å². The Morgan fingerprint density at radius 2 is 1.08 bits per heavy atom. The Kier molecular flexibility index (Phi) is 14.2. The highest BCUT2D eigenvalue weighted by Gasteiger charge is 1.93. The van der Waals surface area contributed by atoms with Gasteiger partial charge in [-0.15, -0.1) is 9.79 Å². The standard InChI is InChI=1S/C3H9N.H2O4S.HO3P/c1-4(2)3;1-5(2,3)4;1-4(2)3/h1-3H3;(H2,1,2,3,4);(H-,1,2,3)/p+1. The molecule has 0 aromatic carbocycles. The first-order valence-electron chi connectivity index (χ1n) is 2.62. The normalized spacial score (nSPS) is 9.23. The molecule has 0 spiro atoms. The lowest BCUT2D eigenvalue weighted by Gasteiger charge is -1.90. The molecule has 0 atom stereocenters. The van der Waals surface area contributed by atoms with Crippen molar-refractivity contribution in [3.05, 3.63) is 0 Å². The van der Waals surface area contributed by atoms with Crippen molar-refractivity contribution >= 4 is 18.7 Å². The lowest BCUT2D eigenvalue weighted by atomic mass is 11.0. The van der Waals surface area contributed by atoms with E-state index in [-0.39, 0.29) is 0 Å². The fraction of sp³-hybridized carbons (Fsp3) is 1.00. The molecule has 0 saturated heterocycles. The molecule has 0 fully saturated rings. The number of hydrogen-bond acceptors (Lipinski definition) is 4. The summed E-state index contributed by atoms with van der Waals surface area (Å²) in [5.41, 5.74) is 0. The number of rotatable bonds is 0. The van der Waals surface area contributed by atoms with E-state index in [1.165, 1.54) is 0 Å². The van der Waals surface area contributed by atoms with Gasteiger partial charge in [0, 0.05) is 4.57 Å². The molecular formula is C3H13NO7PS+. The molecule has 0 unspecified atom stereocenters. The summed E-state index contributed by atoms with van der Waals surface area (Å²) in [7, 11) is -1.54. The largest absolute Gasteiger partial charge is 0.692 e. The Morgan fingerprint density at radius 1 is 1.08 bits per heavy atom. The molecule has 8 nitrogen and oxygen atoms in total. The average Bonchev–Trinajstić information content (AvgIpc) is 1.50. The molecule has 0 aliphatic rings. The van der Waals surface area contributed by atoms with Crippen LogP contribution < -0.4 is 0 Å². The molecule has 82 valence electrons. The Balaban J connectivity index is -0.000000117. The molecule has 4 N–H and O–H groups in total. The Bertz CT molecular complexity index is 197. The molecule has 0 aliphatic heterocycles. The molecule has 0 aliphatic carbocycles. The van der Waals surface area contributed by atoms with E-state index in [4.69, 9.17) is 31.9 Å². The van der Waals surface area contributed by atoms with E-state index in [0.29, 0.717) is 0 Å². The lowest BCUT2D eigenvalue weighted by Crippen LogP contribution is -1.99. The van der Waals surface area contributed by atoms with Crippen molar-refractivity contribution in [2.75, 3.05) is 21.1 Å². The van der Waals surface area contributed by atoms with Crippen LogP contribution in [0.3, 0.4) is 0 Å². The molecule has 0 aromatic rings. The maximum atomic E-state index is 8.74. The molecule has 0 amide bonds. The Labute approximate surface area is 77.3 Å². The van der Waals surface area contributed by atoms with E-state index < -0.39 is 18.7 Å². The number of hydrogen-bond donors (Lipinski definition) is 4. The zero-order valence-corrected chi connectivity index (χ0v) is 9.03. The van der Waals surface area contributed by atoms with Gasteiger partial charge in [0.25, 0.3) is 0 Å². The smallest absolute Gasteiger partial charge is 0.312 e. The minimum Gasteiger partial charge on any atom is -0.312 e. The highest BCUT2D eigenvalue weighted by Crippen LogP contribution is 1.98. The predicted molar refractivity (Wildman–Crippen MR) is 45.8 cm³/mol. The van der Waals surface area contributed by atoms with Gasteiger partial charge < -0.3 is 4.90 Å². The first-order chi connectivity index (χ1) is 5.46. The second-order valence-electron chi connectivity index (χ2n) is 2.04. The highest BCUT2D eigenvalue weighted by molar-refractivity contribution is 7.79. The van der Waals surface area contributed by atoms with Gasteiger partial charge in [0.1, 0.15) is 0 Å². The molecule has 0 radical (unpaired) electrons. The summed E-state index contributed by atoms with van der Waals surface area (Å²) in [6.07, 6.45) is 0. The van der Waals surface area contributed by atoms with Gasteiger partial charge in [-0.3, -0.25) is 9.11 Å². The van der Waals surface area contributed by atoms with E-state index in [9.17, 15) is 0 Å². The van der Waals surface area contributed by atoms with Gasteiger partial charge in [0.15, 0.2) is 0 Å². The van der Waals surface area contributed by atoms with E-state index in [2.05, 4.69) is 0 Å². The summed E-state index contributed by atoms with van der Waals surface area (Å²) >= 11 is 0. The van der Waals surface area contributed by atoms with Gasteiger partial charge in [0.05, 0.1) is 0 Å². The van der Waals surface area contributed by atoms with Crippen molar-refractivity contribution in [3.63, 3.8) is 0 Å². The van der Waals surface area contributed by atoms with Gasteiger partial charge in [-0.2, -0.15) is 8.42 Å². The van der Waals surface area contributed by atoms with Crippen LogP contribution in [-0.2, 0) is 15.0 Å². The third-order valence-corrected chi connectivity index (χ3v) is 0. The van der Waals surface area contributed by atoms with E-state index >= 15 is 0 Å². The second-order valence-corrected chi connectivity index (χ2v) is 3.44. The van der Waals surface area contributed by atoms with Crippen LogP contribution in [0.1, 0.15) is 0 Å². The summed E-state index contributed by atoms with van der Waals surface area (Å²) in [6.45, 7) is 0. The zero-order valence-electron chi connectivity index (χ0n) is 7.32. The monoisotopic (exact) mass is 238 g/mol. The van der Waals surface area contributed by atoms with Crippen LogP contribution in [0, 0.1) is 0 Å². The van der Waals surface area contributed by atoms with Crippen molar-refractivity contribution in [2.24, 2.45) is 0 Å². The van der Waals surface area contributed by atoms with Gasteiger partial charge >= 0.3 is 18.7 Å². The molecule has 0 bridgehead atoms. The molecule has 0 saturated carbocycles. The summed E-state index contributed by atoms with van der Waals surface area (Å²) in [4.78, 5) is 16.2. The van der Waals surface area contributed by atoms with E-state index in [1.54, 1.807) is 0 Å². The molecule has 0 rings (SSSR count). The average molecular weight is 238 g/mol. The molecular weight excluding hydrogens is 225 g/mol. The van der Waals surface area contributed by atoms with Crippen LogP contribution in [-0.4, -0.2) is 53.4 Å². The zero-order chi connectivity index (χ0) is 11.7. The van der Waals surface area contributed by atoms with Crippen molar-refractivity contribution in [1.29, 1.82) is 0 Å². The van der Waals surface area contributed by atoms with Crippen molar-refractivity contribution in [1.82, 2.24) is 4.90 Å². The summed E-state index contributed by atoms with van der Waals surface area (Å²) in [5.74, 6) is 0. The Hall–Kier alpha value is -0.150. The van der Waals surface area contributed by atoms with Crippen LogP contribution in [0.5, 0.6) is 0 Å². The first-order valence-corrected chi connectivity index (χ1v) is 5.18. The quantitative estimate of drug-likeness (QED) is 0.316. The molecule has 10 heteroatoms. The molecule has 13 heavy (non-hydrogen) atoms. The fourth-order valence-electron chi connectivity index (χ4n) is 0. The summed E-state index contributed by atoms with van der Waals surface area (Å²) < 4.78 is 40.3. The molecule has 0 heterocycles. The third-order valence-electron chi connectivity index (χ3n) is 0. The highest BCUT2D eigenvalue weighted by atomic mass is 32.3. The number of nitrogens with zero attached hydrogens (tertiary/aromatic N) is 1. The maximum Gasteiger partial charge on any atom is 0.692 e. The van der Waals surface area contributed by atoms with Crippen LogP contribution in [0.15, 0.2) is 0 Å². The van der Waals surface area contributed by atoms with Crippen molar-refractivity contribution in [2.45, 2.75) is 0 Å². The minimum absolute atomic E-state index is 2.00. The molecule has 0 aromatic heterocycles. The van der Waals surface area contributed by atoms with Gasteiger partial charge in [-0.05, 0) is 21.1 Å². The van der Waals surface area contributed by atoms with Crippen molar-refractivity contribution in [3.8, 4) is 0 Å². The maximum absolute atomic E-state index is 8.74. The predicted octanol–water partition coefficient (Wildman–Crippen LogP) is -0.847. The Morgan fingerprint density at radius 3 is 1.08 bits per heavy atom. The van der Waals surface area contributed by atoms with Crippen LogP contribution in [0.2, 0.25) is 0 Å². The fourth-order valence-corrected chi connectivity index (χ4v) is 0. The lowest BCUT2D eigenvalue weighted by molar-refractivity contribution is 0.380. The summed E-state index contributed by atoms with van der Waals surface area (Å²) in [5, 5.41) is 0. The van der Waals surface area contributed by atoms with Gasteiger partial charge in [-0.1, -0.05) is 0 Å². The SMILES string of the molecule is CN(C)C.O=S(=O)(O)O.O=[P+](O)O. The van der Waals surface area contributed by atoms with Crippen LogP contribution in [0.4, 0.5) is 0 Å². The summed E-state index contributed by atoms with van der Waals surface area (Å²) in [6, 6.07) is 0.